The molecule has 1 aromatic carbocycles. The lowest BCUT2D eigenvalue weighted by molar-refractivity contribution is -0.125. The van der Waals surface area contributed by atoms with Crippen LogP contribution in [0, 0.1) is 12.8 Å². The van der Waals surface area contributed by atoms with Crippen molar-refractivity contribution in [2.45, 2.75) is 38.0 Å². The molecule has 0 radical (unpaired) electrons. The van der Waals surface area contributed by atoms with E-state index in [0.717, 1.165) is 32.5 Å². The van der Waals surface area contributed by atoms with E-state index in [-0.39, 0.29) is 29.6 Å². The summed E-state index contributed by atoms with van der Waals surface area (Å²) in [5.41, 5.74) is 2.98. The van der Waals surface area contributed by atoms with Crippen molar-refractivity contribution in [1.29, 1.82) is 0 Å². The summed E-state index contributed by atoms with van der Waals surface area (Å²) in [6.45, 7) is 4.86. The lowest BCUT2D eigenvalue weighted by Crippen LogP contribution is -2.42. The molecule has 1 saturated heterocycles. The SMILES string of the molecule is Cc1ccccc1C1(CNC(=O)C2CCCNC2)CC1.Cl. The zero-order valence-corrected chi connectivity index (χ0v) is 13.5. The lowest BCUT2D eigenvalue weighted by Gasteiger charge is -2.24. The first kappa shape index (κ1) is 16.3. The molecule has 1 saturated carbocycles. The Morgan fingerprint density at radius 3 is 2.76 bits per heavy atom. The van der Waals surface area contributed by atoms with Gasteiger partial charge in [0.25, 0.3) is 0 Å². The zero-order valence-electron chi connectivity index (χ0n) is 12.7. The Morgan fingerprint density at radius 2 is 2.14 bits per heavy atom. The molecule has 0 bridgehead atoms. The summed E-state index contributed by atoms with van der Waals surface area (Å²) in [5, 5.41) is 6.51. The summed E-state index contributed by atoms with van der Waals surface area (Å²) in [6.07, 6.45) is 4.53. The van der Waals surface area contributed by atoms with Crippen LogP contribution < -0.4 is 10.6 Å². The Balaban J connectivity index is 0.00000161. The minimum absolute atomic E-state index is 0. The molecule has 116 valence electrons. The number of halogens is 1. The summed E-state index contributed by atoms with van der Waals surface area (Å²) in [6, 6.07) is 8.58. The van der Waals surface area contributed by atoms with Gasteiger partial charge in [0, 0.05) is 18.5 Å². The molecule has 1 aromatic rings. The van der Waals surface area contributed by atoms with Crippen LogP contribution in [0.1, 0.15) is 36.8 Å². The quantitative estimate of drug-likeness (QED) is 0.897. The molecule has 1 aliphatic carbocycles. The highest BCUT2D eigenvalue weighted by atomic mass is 35.5. The van der Waals surface area contributed by atoms with Crippen molar-refractivity contribution < 1.29 is 4.79 Å². The van der Waals surface area contributed by atoms with E-state index >= 15 is 0 Å². The van der Waals surface area contributed by atoms with Crippen molar-refractivity contribution in [3.63, 3.8) is 0 Å². The van der Waals surface area contributed by atoms with Crippen LogP contribution in [-0.4, -0.2) is 25.5 Å². The molecule has 4 heteroatoms. The second-order valence-electron chi connectivity index (χ2n) is 6.36. The van der Waals surface area contributed by atoms with Gasteiger partial charge in [-0.3, -0.25) is 4.79 Å². The third-order valence-corrected chi connectivity index (χ3v) is 4.84. The highest BCUT2D eigenvalue weighted by Crippen LogP contribution is 2.48. The van der Waals surface area contributed by atoms with Crippen LogP contribution in [0.25, 0.3) is 0 Å². The fourth-order valence-corrected chi connectivity index (χ4v) is 3.34. The standard InChI is InChI=1S/C17H24N2O.ClH/c1-13-5-2-3-7-15(13)17(8-9-17)12-19-16(20)14-6-4-10-18-11-14;/h2-3,5,7,14,18H,4,6,8-12H2,1H3,(H,19,20);1H. The average Bonchev–Trinajstić information content (AvgIpc) is 3.27. The van der Waals surface area contributed by atoms with E-state index in [1.807, 2.05) is 0 Å². The molecule has 1 heterocycles. The van der Waals surface area contributed by atoms with E-state index in [4.69, 9.17) is 0 Å². The molecule has 3 rings (SSSR count). The van der Waals surface area contributed by atoms with Crippen LogP contribution in [0.15, 0.2) is 24.3 Å². The summed E-state index contributed by atoms with van der Waals surface area (Å²) >= 11 is 0. The van der Waals surface area contributed by atoms with Crippen LogP contribution >= 0.6 is 12.4 Å². The summed E-state index contributed by atoms with van der Waals surface area (Å²) in [5.74, 6) is 0.397. The molecule has 2 aliphatic rings. The van der Waals surface area contributed by atoms with Crippen LogP contribution in [-0.2, 0) is 10.2 Å². The number of benzene rings is 1. The fraction of sp³-hybridized carbons (Fsp3) is 0.588. The van der Waals surface area contributed by atoms with E-state index < -0.39 is 0 Å². The molecule has 21 heavy (non-hydrogen) atoms. The number of piperidine rings is 1. The van der Waals surface area contributed by atoms with E-state index in [1.54, 1.807) is 0 Å². The Morgan fingerprint density at radius 1 is 1.38 bits per heavy atom. The molecule has 0 aromatic heterocycles. The van der Waals surface area contributed by atoms with Gasteiger partial charge in [0.1, 0.15) is 0 Å². The van der Waals surface area contributed by atoms with E-state index in [0.29, 0.717) is 0 Å². The molecule has 2 fully saturated rings. The second-order valence-corrected chi connectivity index (χ2v) is 6.36. The van der Waals surface area contributed by atoms with Crippen LogP contribution in [0.3, 0.4) is 0 Å². The predicted molar refractivity (Wildman–Crippen MR) is 87.9 cm³/mol. The van der Waals surface area contributed by atoms with E-state index in [1.165, 1.54) is 24.0 Å². The third-order valence-electron chi connectivity index (χ3n) is 4.84. The van der Waals surface area contributed by atoms with Gasteiger partial charge in [0.2, 0.25) is 5.91 Å². The number of amides is 1. The largest absolute Gasteiger partial charge is 0.355 e. The Hall–Kier alpha value is -1.06. The van der Waals surface area contributed by atoms with Gasteiger partial charge < -0.3 is 10.6 Å². The molecule has 1 aliphatic heterocycles. The van der Waals surface area contributed by atoms with Crippen molar-refractivity contribution in [3.8, 4) is 0 Å². The number of nitrogens with one attached hydrogen (secondary N) is 2. The highest BCUT2D eigenvalue weighted by molar-refractivity contribution is 5.85. The van der Waals surface area contributed by atoms with Gasteiger partial charge in [-0.15, -0.1) is 12.4 Å². The van der Waals surface area contributed by atoms with Crippen molar-refractivity contribution in [2.75, 3.05) is 19.6 Å². The van der Waals surface area contributed by atoms with Crippen molar-refractivity contribution in [1.82, 2.24) is 10.6 Å². The van der Waals surface area contributed by atoms with Gasteiger partial charge in [0.05, 0.1) is 5.92 Å². The minimum Gasteiger partial charge on any atom is -0.355 e. The predicted octanol–water partition coefficient (Wildman–Crippen LogP) is 2.56. The van der Waals surface area contributed by atoms with Crippen LogP contribution in [0.4, 0.5) is 0 Å². The molecule has 1 unspecified atom stereocenters. The zero-order chi connectivity index (χ0) is 14.0. The van der Waals surface area contributed by atoms with Gasteiger partial charge in [0.15, 0.2) is 0 Å². The molecule has 1 amide bonds. The molecule has 0 spiro atoms. The van der Waals surface area contributed by atoms with Crippen LogP contribution in [0.5, 0.6) is 0 Å². The monoisotopic (exact) mass is 308 g/mol. The highest BCUT2D eigenvalue weighted by Gasteiger charge is 2.45. The van der Waals surface area contributed by atoms with E-state index in [9.17, 15) is 4.79 Å². The number of carbonyl (C=O) groups is 1. The number of aryl methyl sites for hydroxylation is 1. The normalized spacial score (nSPS) is 23.0. The molecule has 3 nitrogen and oxygen atoms in total. The maximum atomic E-state index is 12.2. The van der Waals surface area contributed by atoms with Gasteiger partial charge in [-0.1, -0.05) is 24.3 Å². The molecular weight excluding hydrogens is 284 g/mol. The van der Waals surface area contributed by atoms with Gasteiger partial charge in [-0.25, -0.2) is 0 Å². The Bertz CT molecular complexity index is 493. The summed E-state index contributed by atoms with van der Waals surface area (Å²) in [4.78, 5) is 12.2. The maximum Gasteiger partial charge on any atom is 0.224 e. The number of rotatable bonds is 4. The first-order chi connectivity index (χ1) is 9.71. The van der Waals surface area contributed by atoms with Crippen molar-refractivity contribution in [2.24, 2.45) is 5.92 Å². The Labute approximate surface area is 133 Å². The van der Waals surface area contributed by atoms with Gasteiger partial charge in [-0.2, -0.15) is 0 Å². The molecule has 2 N–H and O–H groups in total. The minimum atomic E-state index is 0. The molecular formula is C17H25ClN2O. The smallest absolute Gasteiger partial charge is 0.224 e. The van der Waals surface area contributed by atoms with Gasteiger partial charge >= 0.3 is 0 Å². The van der Waals surface area contributed by atoms with E-state index in [2.05, 4.69) is 41.8 Å². The summed E-state index contributed by atoms with van der Waals surface area (Å²) < 4.78 is 0. The second kappa shape index (κ2) is 6.80. The third kappa shape index (κ3) is 3.58. The van der Waals surface area contributed by atoms with Crippen molar-refractivity contribution in [3.05, 3.63) is 35.4 Å². The van der Waals surface area contributed by atoms with Gasteiger partial charge in [-0.05, 0) is 50.3 Å². The first-order valence-corrected chi connectivity index (χ1v) is 7.76. The average molecular weight is 309 g/mol. The summed E-state index contributed by atoms with van der Waals surface area (Å²) in [7, 11) is 0. The number of hydrogen-bond donors (Lipinski definition) is 2. The lowest BCUT2D eigenvalue weighted by atomic mass is 9.91. The fourth-order valence-electron chi connectivity index (χ4n) is 3.34. The maximum absolute atomic E-state index is 12.2. The van der Waals surface area contributed by atoms with Crippen molar-refractivity contribution >= 4 is 18.3 Å². The first-order valence-electron chi connectivity index (χ1n) is 7.76. The number of hydrogen-bond acceptors (Lipinski definition) is 2. The Kier molecular flexibility index (Phi) is 5.28. The topological polar surface area (TPSA) is 41.1 Å². The van der Waals surface area contributed by atoms with Crippen LogP contribution in [0.2, 0.25) is 0 Å². The molecule has 1 atom stereocenters. The number of carbonyl (C=O) groups excluding carboxylic acids is 1.